The van der Waals surface area contributed by atoms with Gasteiger partial charge in [-0.15, -0.1) is 11.3 Å². The van der Waals surface area contributed by atoms with Crippen molar-refractivity contribution < 1.29 is 4.42 Å². The highest BCUT2D eigenvalue weighted by molar-refractivity contribution is 7.13. The average molecular weight is 320 g/mol. The summed E-state index contributed by atoms with van der Waals surface area (Å²) in [6, 6.07) is 16.8. The van der Waals surface area contributed by atoms with Crippen molar-refractivity contribution in [1.29, 1.82) is 0 Å². The van der Waals surface area contributed by atoms with E-state index in [-0.39, 0.29) is 5.63 Å². The lowest BCUT2D eigenvalue weighted by Crippen LogP contribution is -2.02. The molecule has 4 nitrogen and oxygen atoms in total. The fourth-order valence-electron chi connectivity index (χ4n) is 2.44. The van der Waals surface area contributed by atoms with Gasteiger partial charge in [0.2, 0.25) is 0 Å². The Morgan fingerprint density at radius 3 is 2.78 bits per heavy atom. The zero-order valence-corrected chi connectivity index (χ0v) is 12.8. The van der Waals surface area contributed by atoms with Crippen LogP contribution in [-0.4, -0.2) is 4.98 Å². The second kappa shape index (κ2) is 5.37. The van der Waals surface area contributed by atoms with Crippen LogP contribution < -0.4 is 11.4 Å². The molecule has 2 N–H and O–H groups in total. The van der Waals surface area contributed by atoms with E-state index in [1.807, 2.05) is 53.9 Å². The van der Waals surface area contributed by atoms with Gasteiger partial charge in [0, 0.05) is 22.0 Å². The van der Waals surface area contributed by atoms with Crippen LogP contribution in [0.1, 0.15) is 0 Å². The van der Waals surface area contributed by atoms with Gasteiger partial charge in [-0.3, -0.25) is 0 Å². The van der Waals surface area contributed by atoms with Gasteiger partial charge in [0.25, 0.3) is 0 Å². The largest absolute Gasteiger partial charge is 0.422 e. The van der Waals surface area contributed by atoms with Crippen LogP contribution >= 0.6 is 11.3 Å². The fraction of sp³-hybridized carbons (Fsp3) is 0. The van der Waals surface area contributed by atoms with Crippen LogP contribution in [0, 0.1) is 0 Å². The highest BCUT2D eigenvalue weighted by Gasteiger charge is 2.12. The van der Waals surface area contributed by atoms with E-state index >= 15 is 0 Å². The summed E-state index contributed by atoms with van der Waals surface area (Å²) in [5, 5.41) is 3.56. The van der Waals surface area contributed by atoms with Crippen molar-refractivity contribution >= 4 is 28.0 Å². The van der Waals surface area contributed by atoms with Crippen LogP contribution in [0.4, 0.5) is 5.69 Å². The summed E-state index contributed by atoms with van der Waals surface area (Å²) in [7, 11) is 0. The van der Waals surface area contributed by atoms with Crippen molar-refractivity contribution in [2.75, 3.05) is 5.73 Å². The zero-order valence-electron chi connectivity index (χ0n) is 12.0. The minimum absolute atomic E-state index is 0.381. The summed E-state index contributed by atoms with van der Waals surface area (Å²) in [6.07, 6.45) is 0. The molecule has 0 spiro atoms. The number of nitrogen functional groups attached to an aromatic ring is 1. The van der Waals surface area contributed by atoms with Gasteiger partial charge in [-0.2, -0.15) is 0 Å². The first kappa shape index (κ1) is 13.7. The molecule has 0 aliphatic rings. The summed E-state index contributed by atoms with van der Waals surface area (Å²) in [5.41, 5.74) is 8.71. The van der Waals surface area contributed by atoms with Gasteiger partial charge < -0.3 is 10.2 Å². The number of thiazole rings is 1. The lowest BCUT2D eigenvalue weighted by molar-refractivity contribution is 0.563. The normalized spacial score (nSPS) is 11.0. The van der Waals surface area contributed by atoms with Crippen molar-refractivity contribution in [2.24, 2.45) is 0 Å². The first-order chi connectivity index (χ1) is 11.2. The van der Waals surface area contributed by atoms with E-state index in [1.54, 1.807) is 6.07 Å². The number of nitrogens with zero attached hydrogens (tertiary/aromatic N) is 1. The van der Waals surface area contributed by atoms with Crippen LogP contribution in [0.15, 0.2) is 69.2 Å². The van der Waals surface area contributed by atoms with E-state index in [0.717, 1.165) is 16.0 Å². The van der Waals surface area contributed by atoms with E-state index in [1.165, 1.54) is 11.3 Å². The standard InChI is InChI=1S/C18H12N2O2S/c19-13-6-3-5-12(8-13)17-20-15(10-23-17)14-9-11-4-1-2-7-16(11)22-18(14)21/h1-10H,19H2. The molecule has 0 aliphatic heterocycles. The molecule has 23 heavy (non-hydrogen) atoms. The molecule has 0 saturated heterocycles. The van der Waals surface area contributed by atoms with Crippen LogP contribution in [0.5, 0.6) is 0 Å². The van der Waals surface area contributed by atoms with E-state index < -0.39 is 0 Å². The molecule has 2 heterocycles. The molecule has 0 unspecified atom stereocenters. The van der Waals surface area contributed by atoms with Gasteiger partial charge >= 0.3 is 5.63 Å². The molecular weight excluding hydrogens is 308 g/mol. The summed E-state index contributed by atoms with van der Waals surface area (Å²) in [5.74, 6) is 0. The van der Waals surface area contributed by atoms with Crippen molar-refractivity contribution in [3.8, 4) is 21.8 Å². The zero-order chi connectivity index (χ0) is 15.8. The number of hydrogen-bond donors (Lipinski definition) is 1. The lowest BCUT2D eigenvalue weighted by atomic mass is 10.1. The van der Waals surface area contributed by atoms with E-state index in [4.69, 9.17) is 10.2 Å². The molecular formula is C18H12N2O2S. The number of para-hydroxylation sites is 1. The van der Waals surface area contributed by atoms with Gasteiger partial charge in [0.1, 0.15) is 10.6 Å². The van der Waals surface area contributed by atoms with E-state index in [2.05, 4.69) is 4.98 Å². The van der Waals surface area contributed by atoms with Gasteiger partial charge in [-0.25, -0.2) is 9.78 Å². The van der Waals surface area contributed by atoms with Gasteiger partial charge in [-0.05, 0) is 24.3 Å². The smallest absolute Gasteiger partial charge is 0.345 e. The van der Waals surface area contributed by atoms with Crippen molar-refractivity contribution in [1.82, 2.24) is 4.98 Å². The Balaban J connectivity index is 1.83. The SMILES string of the molecule is Nc1cccc(-c2nc(-c3cc4ccccc4oc3=O)cs2)c1. The van der Waals surface area contributed by atoms with Crippen LogP contribution in [0.25, 0.3) is 32.8 Å². The summed E-state index contributed by atoms with van der Waals surface area (Å²) in [4.78, 5) is 16.8. The van der Waals surface area contributed by atoms with Gasteiger partial charge in [0.15, 0.2) is 0 Å². The number of benzene rings is 2. The molecule has 0 fully saturated rings. The highest BCUT2D eigenvalue weighted by atomic mass is 32.1. The minimum Gasteiger partial charge on any atom is -0.422 e. The maximum Gasteiger partial charge on any atom is 0.345 e. The maximum atomic E-state index is 12.2. The van der Waals surface area contributed by atoms with Gasteiger partial charge in [0.05, 0.1) is 11.3 Å². The van der Waals surface area contributed by atoms with E-state index in [9.17, 15) is 4.79 Å². The third-order valence-electron chi connectivity index (χ3n) is 3.56. The number of aromatic nitrogens is 1. The van der Waals surface area contributed by atoms with Crippen LogP contribution in [-0.2, 0) is 0 Å². The Bertz CT molecular complexity index is 1070. The predicted octanol–water partition coefficient (Wildman–Crippen LogP) is 4.17. The Labute approximate surface area is 135 Å². The molecule has 5 heteroatoms. The number of fused-ring (bicyclic) bond motifs is 1. The number of hydrogen-bond acceptors (Lipinski definition) is 5. The quantitative estimate of drug-likeness (QED) is 0.444. The molecule has 2 aromatic heterocycles. The lowest BCUT2D eigenvalue weighted by Gasteiger charge is -2.00. The minimum atomic E-state index is -0.381. The Kier molecular flexibility index (Phi) is 3.20. The molecule has 2 aromatic carbocycles. The predicted molar refractivity (Wildman–Crippen MR) is 93.4 cm³/mol. The van der Waals surface area contributed by atoms with Crippen molar-refractivity contribution in [2.45, 2.75) is 0 Å². The molecule has 112 valence electrons. The number of anilines is 1. The number of nitrogens with two attached hydrogens (primary N) is 1. The Morgan fingerprint density at radius 2 is 1.91 bits per heavy atom. The second-order valence-corrected chi connectivity index (χ2v) is 6.01. The average Bonchev–Trinajstić information content (AvgIpc) is 3.04. The van der Waals surface area contributed by atoms with Crippen molar-refractivity contribution in [3.05, 3.63) is 70.4 Å². The molecule has 4 aromatic rings. The van der Waals surface area contributed by atoms with Crippen LogP contribution in [0.3, 0.4) is 0 Å². The molecule has 0 aliphatic carbocycles. The summed E-state index contributed by atoms with van der Waals surface area (Å²) < 4.78 is 5.37. The topological polar surface area (TPSA) is 69.1 Å². The fourth-order valence-corrected chi connectivity index (χ4v) is 3.26. The molecule has 0 saturated carbocycles. The number of rotatable bonds is 2. The molecule has 0 bridgehead atoms. The molecule has 0 radical (unpaired) electrons. The third-order valence-corrected chi connectivity index (χ3v) is 4.45. The second-order valence-electron chi connectivity index (χ2n) is 5.15. The van der Waals surface area contributed by atoms with Gasteiger partial charge in [-0.1, -0.05) is 30.3 Å². The summed E-state index contributed by atoms with van der Waals surface area (Å²) >= 11 is 1.47. The highest BCUT2D eigenvalue weighted by Crippen LogP contribution is 2.29. The Morgan fingerprint density at radius 1 is 1.04 bits per heavy atom. The summed E-state index contributed by atoms with van der Waals surface area (Å²) in [6.45, 7) is 0. The van der Waals surface area contributed by atoms with Crippen LogP contribution in [0.2, 0.25) is 0 Å². The molecule has 0 atom stereocenters. The first-order valence-electron chi connectivity index (χ1n) is 7.05. The molecule has 4 rings (SSSR count). The maximum absolute atomic E-state index is 12.2. The third kappa shape index (κ3) is 2.51. The van der Waals surface area contributed by atoms with E-state index in [0.29, 0.717) is 22.5 Å². The van der Waals surface area contributed by atoms with Crippen molar-refractivity contribution in [3.63, 3.8) is 0 Å². The monoisotopic (exact) mass is 320 g/mol. The first-order valence-corrected chi connectivity index (χ1v) is 7.93. The Hall–Kier alpha value is -2.92. The molecule has 0 amide bonds.